The first-order valence-electron chi connectivity index (χ1n) is 7.31. The summed E-state index contributed by atoms with van der Waals surface area (Å²) in [7, 11) is 0. The van der Waals surface area contributed by atoms with Crippen molar-refractivity contribution in [3.8, 4) is 0 Å². The van der Waals surface area contributed by atoms with Gasteiger partial charge in [0.1, 0.15) is 18.7 Å². The van der Waals surface area contributed by atoms with Crippen LogP contribution in [0, 0.1) is 5.92 Å². The SMILES string of the molecule is CCCn1ncnc1Cn1cc(CNCC2CC2)nn1. The van der Waals surface area contributed by atoms with Crippen LogP contribution in [0.3, 0.4) is 0 Å². The van der Waals surface area contributed by atoms with Gasteiger partial charge in [0.15, 0.2) is 0 Å². The fourth-order valence-electron chi connectivity index (χ4n) is 2.18. The zero-order valence-electron chi connectivity index (χ0n) is 11.9. The van der Waals surface area contributed by atoms with Crippen LogP contribution >= 0.6 is 0 Å². The minimum absolute atomic E-state index is 0.621. The molecule has 0 atom stereocenters. The average molecular weight is 275 g/mol. The summed E-state index contributed by atoms with van der Waals surface area (Å²) in [6.45, 7) is 5.52. The van der Waals surface area contributed by atoms with Crippen LogP contribution in [0.2, 0.25) is 0 Å². The summed E-state index contributed by atoms with van der Waals surface area (Å²) < 4.78 is 3.75. The molecule has 0 radical (unpaired) electrons. The fraction of sp³-hybridized carbons (Fsp3) is 0.692. The van der Waals surface area contributed by atoms with Gasteiger partial charge in [0.2, 0.25) is 0 Å². The smallest absolute Gasteiger partial charge is 0.148 e. The van der Waals surface area contributed by atoms with Gasteiger partial charge in [0.05, 0.1) is 11.9 Å². The van der Waals surface area contributed by atoms with Gasteiger partial charge in [-0.3, -0.25) is 0 Å². The van der Waals surface area contributed by atoms with E-state index in [1.165, 1.54) is 12.8 Å². The summed E-state index contributed by atoms with van der Waals surface area (Å²) in [6, 6.07) is 0. The molecule has 1 aliphatic rings. The Morgan fingerprint density at radius 3 is 3.10 bits per heavy atom. The predicted octanol–water partition coefficient (Wildman–Crippen LogP) is 0.827. The molecule has 7 nitrogen and oxygen atoms in total. The van der Waals surface area contributed by atoms with E-state index in [1.54, 1.807) is 6.33 Å². The molecule has 1 saturated carbocycles. The van der Waals surface area contributed by atoms with E-state index in [4.69, 9.17) is 0 Å². The first-order chi connectivity index (χ1) is 9.85. The van der Waals surface area contributed by atoms with Crippen LogP contribution < -0.4 is 5.32 Å². The molecular formula is C13H21N7. The Hall–Kier alpha value is -1.76. The predicted molar refractivity (Wildman–Crippen MR) is 73.9 cm³/mol. The molecule has 0 spiro atoms. The van der Waals surface area contributed by atoms with E-state index < -0.39 is 0 Å². The maximum absolute atomic E-state index is 4.28. The van der Waals surface area contributed by atoms with Crippen molar-refractivity contribution in [2.75, 3.05) is 6.54 Å². The van der Waals surface area contributed by atoms with E-state index in [0.29, 0.717) is 6.54 Å². The summed E-state index contributed by atoms with van der Waals surface area (Å²) in [4.78, 5) is 4.28. The lowest BCUT2D eigenvalue weighted by atomic mass is 10.4. The lowest BCUT2D eigenvalue weighted by Crippen LogP contribution is -2.16. The van der Waals surface area contributed by atoms with Gasteiger partial charge < -0.3 is 5.32 Å². The van der Waals surface area contributed by atoms with Crippen LogP contribution in [-0.4, -0.2) is 36.3 Å². The van der Waals surface area contributed by atoms with E-state index in [1.807, 2.05) is 15.6 Å². The third-order valence-corrected chi connectivity index (χ3v) is 3.46. The van der Waals surface area contributed by atoms with Crippen molar-refractivity contribution >= 4 is 0 Å². The highest BCUT2D eigenvalue weighted by Crippen LogP contribution is 2.27. The van der Waals surface area contributed by atoms with Crippen molar-refractivity contribution in [3.63, 3.8) is 0 Å². The zero-order chi connectivity index (χ0) is 13.8. The van der Waals surface area contributed by atoms with Crippen LogP contribution in [-0.2, 0) is 19.6 Å². The van der Waals surface area contributed by atoms with E-state index in [-0.39, 0.29) is 0 Å². The van der Waals surface area contributed by atoms with Gasteiger partial charge >= 0.3 is 0 Å². The minimum atomic E-state index is 0.621. The summed E-state index contributed by atoms with van der Waals surface area (Å²) in [5.74, 6) is 1.81. The van der Waals surface area contributed by atoms with Gasteiger partial charge in [-0.05, 0) is 31.7 Å². The third kappa shape index (κ3) is 3.41. The van der Waals surface area contributed by atoms with Gasteiger partial charge in [-0.1, -0.05) is 12.1 Å². The molecule has 0 aromatic carbocycles. The Bertz CT molecular complexity index is 540. The van der Waals surface area contributed by atoms with Crippen LogP contribution in [0.4, 0.5) is 0 Å². The van der Waals surface area contributed by atoms with Crippen molar-refractivity contribution in [1.29, 1.82) is 0 Å². The highest BCUT2D eigenvalue weighted by molar-refractivity contribution is 4.94. The van der Waals surface area contributed by atoms with Gasteiger partial charge in [-0.15, -0.1) is 5.10 Å². The molecule has 2 aromatic heterocycles. The van der Waals surface area contributed by atoms with Gasteiger partial charge in [0.25, 0.3) is 0 Å². The summed E-state index contributed by atoms with van der Waals surface area (Å²) in [5, 5.41) is 16.0. The lowest BCUT2D eigenvalue weighted by molar-refractivity contribution is 0.532. The van der Waals surface area contributed by atoms with E-state index >= 15 is 0 Å². The fourth-order valence-corrected chi connectivity index (χ4v) is 2.18. The van der Waals surface area contributed by atoms with E-state index in [0.717, 1.165) is 43.5 Å². The van der Waals surface area contributed by atoms with Crippen LogP contribution in [0.15, 0.2) is 12.5 Å². The third-order valence-electron chi connectivity index (χ3n) is 3.46. The van der Waals surface area contributed by atoms with Crippen molar-refractivity contribution < 1.29 is 0 Å². The second-order valence-corrected chi connectivity index (χ2v) is 5.38. The van der Waals surface area contributed by atoms with E-state index in [9.17, 15) is 0 Å². The standard InChI is InChI=1S/C13H21N7/c1-2-5-20-13(15-10-16-20)9-19-8-12(17-18-19)7-14-6-11-3-4-11/h8,10-11,14H,2-7,9H2,1H3. The van der Waals surface area contributed by atoms with Crippen LogP contribution in [0.1, 0.15) is 37.7 Å². The summed E-state index contributed by atoms with van der Waals surface area (Å²) in [6.07, 6.45) is 7.36. The number of hydrogen-bond acceptors (Lipinski definition) is 5. The van der Waals surface area contributed by atoms with Crippen molar-refractivity contribution in [2.45, 2.75) is 45.8 Å². The number of rotatable bonds is 8. The topological polar surface area (TPSA) is 73.5 Å². The van der Waals surface area contributed by atoms with E-state index in [2.05, 4.69) is 32.6 Å². The molecule has 20 heavy (non-hydrogen) atoms. The first kappa shape index (κ1) is 13.2. The molecule has 0 aliphatic heterocycles. The summed E-state index contributed by atoms with van der Waals surface area (Å²) >= 11 is 0. The number of hydrogen-bond donors (Lipinski definition) is 1. The number of aromatic nitrogens is 6. The number of aryl methyl sites for hydroxylation is 1. The normalized spacial score (nSPS) is 14.8. The van der Waals surface area contributed by atoms with Crippen molar-refractivity contribution in [3.05, 3.63) is 24.0 Å². The second-order valence-electron chi connectivity index (χ2n) is 5.38. The second kappa shape index (κ2) is 6.13. The molecule has 2 aromatic rings. The average Bonchev–Trinajstić information content (AvgIpc) is 2.99. The van der Waals surface area contributed by atoms with Gasteiger partial charge in [0, 0.05) is 13.1 Å². The highest BCUT2D eigenvalue weighted by atomic mass is 15.4. The molecule has 1 aliphatic carbocycles. The Balaban J connectivity index is 1.54. The maximum atomic E-state index is 4.28. The van der Waals surface area contributed by atoms with Gasteiger partial charge in [-0.2, -0.15) is 5.10 Å². The van der Waals surface area contributed by atoms with Crippen molar-refractivity contribution in [2.24, 2.45) is 5.92 Å². The Morgan fingerprint density at radius 2 is 2.30 bits per heavy atom. The zero-order valence-corrected chi connectivity index (χ0v) is 11.9. The Labute approximate surface area is 118 Å². The highest BCUT2D eigenvalue weighted by Gasteiger charge is 2.20. The van der Waals surface area contributed by atoms with Gasteiger partial charge in [-0.25, -0.2) is 14.3 Å². The maximum Gasteiger partial charge on any atom is 0.148 e. The van der Waals surface area contributed by atoms with Crippen molar-refractivity contribution in [1.82, 2.24) is 35.1 Å². The largest absolute Gasteiger partial charge is 0.311 e. The molecule has 1 N–H and O–H groups in total. The Kier molecular flexibility index (Phi) is 4.05. The molecule has 108 valence electrons. The lowest BCUT2D eigenvalue weighted by Gasteiger charge is -2.03. The molecule has 1 fully saturated rings. The number of nitrogens with zero attached hydrogens (tertiary/aromatic N) is 6. The molecule has 2 heterocycles. The molecule has 3 rings (SSSR count). The molecule has 0 unspecified atom stereocenters. The molecule has 0 bridgehead atoms. The van der Waals surface area contributed by atoms with Crippen LogP contribution in [0.5, 0.6) is 0 Å². The molecule has 0 amide bonds. The molecule has 7 heteroatoms. The quantitative estimate of drug-likeness (QED) is 0.772. The minimum Gasteiger partial charge on any atom is -0.311 e. The number of nitrogens with one attached hydrogen (secondary N) is 1. The first-order valence-corrected chi connectivity index (χ1v) is 7.31. The monoisotopic (exact) mass is 275 g/mol. The Morgan fingerprint density at radius 1 is 1.40 bits per heavy atom. The molecular weight excluding hydrogens is 254 g/mol. The molecule has 0 saturated heterocycles. The summed E-state index contributed by atoms with van der Waals surface area (Å²) in [5.41, 5.74) is 0.979. The van der Waals surface area contributed by atoms with Crippen LogP contribution in [0.25, 0.3) is 0 Å².